The Morgan fingerprint density at radius 2 is 2.12 bits per heavy atom. The van der Waals surface area contributed by atoms with Crippen LogP contribution in [0.5, 0.6) is 0 Å². The van der Waals surface area contributed by atoms with E-state index in [4.69, 9.17) is 0 Å². The van der Waals surface area contributed by atoms with Crippen LogP contribution in [0.4, 0.5) is 5.82 Å². The van der Waals surface area contributed by atoms with Gasteiger partial charge in [0, 0.05) is 35.7 Å². The van der Waals surface area contributed by atoms with Crippen molar-refractivity contribution in [1.82, 2.24) is 15.0 Å². The molecule has 26 heavy (non-hydrogen) atoms. The molecular formula is C19H20N4O2S. The van der Waals surface area contributed by atoms with E-state index < -0.39 is 0 Å². The molecule has 0 saturated heterocycles. The van der Waals surface area contributed by atoms with Crippen LogP contribution in [-0.2, 0) is 4.79 Å². The maximum Gasteiger partial charge on any atom is 0.257 e. The quantitative estimate of drug-likeness (QED) is 0.639. The fraction of sp³-hybridized carbons (Fsp3) is 0.368. The highest BCUT2D eigenvalue weighted by Crippen LogP contribution is 2.44. The van der Waals surface area contributed by atoms with Crippen molar-refractivity contribution in [2.24, 2.45) is 5.92 Å². The van der Waals surface area contributed by atoms with Gasteiger partial charge in [-0.1, -0.05) is 37.8 Å². The fourth-order valence-corrected chi connectivity index (χ4v) is 4.41. The predicted molar refractivity (Wildman–Crippen MR) is 101 cm³/mol. The van der Waals surface area contributed by atoms with Gasteiger partial charge in [-0.25, -0.2) is 4.98 Å². The molecule has 2 aromatic heterocycles. The van der Waals surface area contributed by atoms with Gasteiger partial charge in [0.15, 0.2) is 5.16 Å². The Morgan fingerprint density at radius 1 is 1.27 bits per heavy atom. The highest BCUT2D eigenvalue weighted by Gasteiger charge is 2.42. The average Bonchev–Trinajstić information content (AvgIpc) is 2.60. The van der Waals surface area contributed by atoms with Crippen LogP contribution in [0.2, 0.25) is 0 Å². The van der Waals surface area contributed by atoms with Crippen LogP contribution >= 0.6 is 11.8 Å². The normalized spacial score (nSPS) is 21.7. The lowest BCUT2D eigenvalue weighted by atomic mass is 9.72. The number of nitrogens with zero attached hydrogens (tertiary/aromatic N) is 2. The van der Waals surface area contributed by atoms with Crippen LogP contribution in [-0.4, -0.2) is 26.0 Å². The minimum atomic E-state index is -0.382. The first-order valence-electron chi connectivity index (χ1n) is 8.75. The van der Waals surface area contributed by atoms with Crippen LogP contribution in [0.25, 0.3) is 0 Å². The number of pyridine rings is 1. The largest absolute Gasteiger partial charge is 0.343 e. The van der Waals surface area contributed by atoms with Crippen LogP contribution in [0.3, 0.4) is 0 Å². The van der Waals surface area contributed by atoms with Crippen LogP contribution in [0.1, 0.15) is 43.7 Å². The van der Waals surface area contributed by atoms with E-state index in [9.17, 15) is 9.59 Å². The molecule has 134 valence electrons. The number of H-pyrrole nitrogens is 1. The zero-order valence-electron chi connectivity index (χ0n) is 14.7. The number of thioether (sulfide) groups is 1. The Labute approximate surface area is 155 Å². The third kappa shape index (κ3) is 2.96. The first-order chi connectivity index (χ1) is 12.5. The summed E-state index contributed by atoms with van der Waals surface area (Å²) in [4.78, 5) is 37.3. The highest BCUT2D eigenvalue weighted by atomic mass is 32.2. The van der Waals surface area contributed by atoms with Gasteiger partial charge in [-0.05, 0) is 18.1 Å². The molecule has 1 aliphatic heterocycles. The third-order valence-electron chi connectivity index (χ3n) is 4.67. The van der Waals surface area contributed by atoms with Gasteiger partial charge >= 0.3 is 0 Å². The van der Waals surface area contributed by atoms with Crippen molar-refractivity contribution in [3.63, 3.8) is 0 Å². The standard InChI is InChI=1S/C19H20N4O2S/c1-10(2)26-19-22-17-16(18(25)23-19)14(11-5-4-8-20-9-11)15-12(21-17)6-3-7-13(15)24/h4-6,8-10,14-15H,3,7H2,1-2H3,(H2,21,22,23,25)/t14-,15-/m1/s1. The maximum absolute atomic E-state index is 12.9. The van der Waals surface area contributed by atoms with Gasteiger partial charge in [0.05, 0.1) is 11.5 Å². The summed E-state index contributed by atoms with van der Waals surface area (Å²) in [6.45, 7) is 4.10. The predicted octanol–water partition coefficient (Wildman–Crippen LogP) is 3.09. The molecule has 0 aromatic carbocycles. The van der Waals surface area contributed by atoms with Gasteiger partial charge in [-0.3, -0.25) is 14.6 Å². The molecule has 2 N–H and O–H groups in total. The van der Waals surface area contributed by atoms with E-state index in [0.717, 1.165) is 11.3 Å². The van der Waals surface area contributed by atoms with Crippen molar-refractivity contribution in [2.75, 3.05) is 5.32 Å². The maximum atomic E-state index is 12.9. The van der Waals surface area contributed by atoms with Crippen molar-refractivity contribution >= 4 is 23.4 Å². The number of aromatic nitrogens is 3. The Bertz CT molecular complexity index is 936. The van der Waals surface area contributed by atoms with Gasteiger partial charge in [0.1, 0.15) is 11.6 Å². The minimum absolute atomic E-state index is 0.148. The second-order valence-electron chi connectivity index (χ2n) is 6.83. The number of allylic oxidation sites excluding steroid dienone is 2. The van der Waals surface area contributed by atoms with Crippen molar-refractivity contribution < 1.29 is 4.79 Å². The number of aromatic amines is 1. The first-order valence-corrected chi connectivity index (χ1v) is 9.63. The molecule has 0 spiro atoms. The second kappa shape index (κ2) is 6.72. The number of carbonyl (C=O) groups is 1. The molecule has 0 fully saturated rings. The molecule has 2 atom stereocenters. The number of Topliss-reactive ketones (excluding diaryl/α,β-unsaturated/α-hetero) is 1. The second-order valence-corrected chi connectivity index (χ2v) is 8.40. The summed E-state index contributed by atoms with van der Waals surface area (Å²) in [6, 6.07) is 3.75. The monoisotopic (exact) mass is 368 g/mol. The van der Waals surface area contributed by atoms with Gasteiger partial charge in [0.2, 0.25) is 0 Å². The Morgan fingerprint density at radius 3 is 2.85 bits per heavy atom. The molecule has 0 bridgehead atoms. The van der Waals surface area contributed by atoms with E-state index in [0.29, 0.717) is 34.6 Å². The lowest BCUT2D eigenvalue weighted by Gasteiger charge is -2.36. The zero-order valence-corrected chi connectivity index (χ0v) is 15.5. The molecule has 2 aromatic rings. The van der Waals surface area contributed by atoms with E-state index in [1.54, 1.807) is 12.4 Å². The molecule has 0 amide bonds. The highest BCUT2D eigenvalue weighted by molar-refractivity contribution is 7.99. The number of fused-ring (bicyclic) bond motifs is 2. The molecule has 1 aliphatic carbocycles. The van der Waals surface area contributed by atoms with Gasteiger partial charge < -0.3 is 10.3 Å². The Balaban J connectivity index is 1.91. The Kier molecular flexibility index (Phi) is 4.40. The van der Waals surface area contributed by atoms with E-state index in [2.05, 4.69) is 26.3 Å². The smallest absolute Gasteiger partial charge is 0.257 e. The molecule has 0 unspecified atom stereocenters. The number of hydrogen-bond donors (Lipinski definition) is 2. The van der Waals surface area contributed by atoms with E-state index in [-0.39, 0.29) is 23.2 Å². The summed E-state index contributed by atoms with van der Waals surface area (Å²) in [5.41, 5.74) is 2.03. The summed E-state index contributed by atoms with van der Waals surface area (Å²) in [6.07, 6.45) is 6.68. The number of rotatable bonds is 3. The van der Waals surface area contributed by atoms with Crippen LogP contribution < -0.4 is 10.9 Å². The average molecular weight is 368 g/mol. The van der Waals surface area contributed by atoms with E-state index in [1.807, 2.05) is 26.0 Å². The molecule has 6 nitrogen and oxygen atoms in total. The number of nitrogens with one attached hydrogen (secondary N) is 2. The SMILES string of the molecule is CC(C)Sc1nc2c(c(=O)[nH]1)[C@H](c1cccnc1)[C@H]1C(=O)CCC=C1N2. The summed E-state index contributed by atoms with van der Waals surface area (Å²) < 4.78 is 0. The third-order valence-corrected chi connectivity index (χ3v) is 5.56. The number of ketones is 1. The molecular weight excluding hydrogens is 348 g/mol. The molecule has 4 rings (SSSR count). The summed E-state index contributed by atoms with van der Waals surface area (Å²) in [7, 11) is 0. The number of carbonyl (C=O) groups excluding carboxylic acids is 1. The van der Waals surface area contributed by atoms with Crippen LogP contribution in [0, 0.1) is 5.92 Å². The van der Waals surface area contributed by atoms with Gasteiger partial charge in [-0.15, -0.1) is 0 Å². The van der Waals surface area contributed by atoms with E-state index >= 15 is 0 Å². The molecule has 7 heteroatoms. The number of hydrogen-bond acceptors (Lipinski definition) is 6. The summed E-state index contributed by atoms with van der Waals surface area (Å²) in [5.74, 6) is -0.0576. The number of anilines is 1. The van der Waals surface area contributed by atoms with Crippen molar-refractivity contribution in [2.45, 2.75) is 43.0 Å². The molecule has 0 saturated carbocycles. The van der Waals surface area contributed by atoms with Crippen molar-refractivity contribution in [3.8, 4) is 0 Å². The fourth-order valence-electron chi connectivity index (χ4n) is 3.67. The van der Waals surface area contributed by atoms with Crippen LogP contribution in [0.15, 0.2) is 46.3 Å². The minimum Gasteiger partial charge on any atom is -0.343 e. The molecule has 0 radical (unpaired) electrons. The topological polar surface area (TPSA) is 87.7 Å². The lowest BCUT2D eigenvalue weighted by Crippen LogP contribution is -2.38. The van der Waals surface area contributed by atoms with Crippen molar-refractivity contribution in [3.05, 3.63) is 57.8 Å². The Hall–Kier alpha value is -2.41. The zero-order chi connectivity index (χ0) is 18.3. The van der Waals surface area contributed by atoms with Gasteiger partial charge in [-0.2, -0.15) is 0 Å². The van der Waals surface area contributed by atoms with Crippen molar-refractivity contribution in [1.29, 1.82) is 0 Å². The van der Waals surface area contributed by atoms with E-state index in [1.165, 1.54) is 11.8 Å². The summed E-state index contributed by atoms with van der Waals surface area (Å²) in [5, 5.41) is 4.15. The molecule has 3 heterocycles. The molecule has 2 aliphatic rings. The van der Waals surface area contributed by atoms with Gasteiger partial charge in [0.25, 0.3) is 5.56 Å². The first kappa shape index (κ1) is 17.0. The summed E-state index contributed by atoms with van der Waals surface area (Å²) >= 11 is 1.51. The lowest BCUT2D eigenvalue weighted by molar-refractivity contribution is -0.122.